The smallest absolute Gasteiger partial charge is 0.326 e. The maximum atomic E-state index is 14.3. The largest absolute Gasteiger partial charge is 0.481 e. The summed E-state index contributed by atoms with van der Waals surface area (Å²) in [4.78, 5) is 146. The second-order valence-electron chi connectivity index (χ2n) is 20.5. The number of aliphatic hydroxyl groups excluding tert-OH is 1. The zero-order chi connectivity index (χ0) is 58.0. The van der Waals surface area contributed by atoms with Crippen LogP contribution in [0.4, 0.5) is 0 Å². The zero-order valence-corrected chi connectivity index (χ0v) is 46.1. The average Bonchev–Trinajstić information content (AvgIpc) is 3.31. The first-order chi connectivity index (χ1) is 35.5. The Morgan fingerprint density at radius 2 is 0.842 bits per heavy atom. The van der Waals surface area contributed by atoms with Crippen molar-refractivity contribution in [2.24, 2.45) is 29.4 Å². The Labute approximate surface area is 449 Å². The predicted octanol–water partition coefficient (Wildman–Crippen LogP) is 0.177. The standard InChI is InChI=1S/C51H83N9O15S/c1-26(2)22-32(52)43(66)56-36(23-27(3)4)47(70)54-34(17-19-40(64)65)44(67)53-33(16-18-39(62)63)45(68)55-35(20-21-76-10)46(69)58-38(25-31-14-12-11-13-15-31)48(71)57-37(24-28(5)6)49(72)60-42(30(9)61)50(73)59-41(29(7)8)51(74)75/h11-15,26-30,32-38,41-42,61H,16-25,52H2,1-10H3,(H,53,67)(H,54,70)(H,55,68)(H,56,66)(H,57,71)(H,58,69)(H,59,73)(H,60,72)(H,62,63)(H,64,65)(H,74,75)/t30-,32+,33+,34+,35+,36+,37+,38+,41+,42+/m1/s1. The van der Waals surface area contributed by atoms with Crippen LogP contribution < -0.4 is 48.3 Å². The Kier molecular flexibility index (Phi) is 30.6. The summed E-state index contributed by atoms with van der Waals surface area (Å²) in [6.45, 7) is 15.1. The molecule has 0 saturated carbocycles. The third-order valence-corrected chi connectivity index (χ3v) is 12.4. The molecule has 0 aliphatic heterocycles. The van der Waals surface area contributed by atoms with Crippen LogP contribution in [0.2, 0.25) is 0 Å². The van der Waals surface area contributed by atoms with Gasteiger partial charge >= 0.3 is 17.9 Å². The number of amides is 8. The topological polar surface area (TPSA) is 391 Å². The summed E-state index contributed by atoms with van der Waals surface area (Å²) >= 11 is 1.30. The number of carboxylic acid groups (broad SMARTS) is 3. The van der Waals surface area contributed by atoms with Gasteiger partial charge in [-0.25, -0.2) is 4.79 Å². The summed E-state index contributed by atoms with van der Waals surface area (Å²) in [5.74, 6) is -11.9. The Bertz CT molecular complexity index is 2110. The van der Waals surface area contributed by atoms with Crippen LogP contribution in [0.5, 0.6) is 0 Å². The Morgan fingerprint density at radius 3 is 1.24 bits per heavy atom. The fourth-order valence-corrected chi connectivity index (χ4v) is 8.18. The number of hydrogen-bond donors (Lipinski definition) is 13. The van der Waals surface area contributed by atoms with Crippen LogP contribution >= 0.6 is 11.8 Å². The van der Waals surface area contributed by atoms with Gasteiger partial charge in [0.1, 0.15) is 48.3 Å². The van der Waals surface area contributed by atoms with E-state index >= 15 is 0 Å². The van der Waals surface area contributed by atoms with Gasteiger partial charge in [-0.2, -0.15) is 11.8 Å². The molecule has 0 aromatic heterocycles. The van der Waals surface area contributed by atoms with Gasteiger partial charge in [-0.15, -0.1) is 0 Å². The molecule has 0 unspecified atom stereocenters. The van der Waals surface area contributed by atoms with Gasteiger partial charge in [0, 0.05) is 19.3 Å². The van der Waals surface area contributed by atoms with Crippen LogP contribution in [0.1, 0.15) is 119 Å². The van der Waals surface area contributed by atoms with Crippen LogP contribution in [-0.4, -0.2) is 158 Å². The number of carboxylic acids is 3. The number of nitrogens with one attached hydrogen (secondary N) is 8. The number of benzene rings is 1. The molecule has 0 bridgehead atoms. The first-order valence-electron chi connectivity index (χ1n) is 25.5. The highest BCUT2D eigenvalue weighted by Gasteiger charge is 2.37. The first kappa shape index (κ1) is 67.7. The van der Waals surface area contributed by atoms with Gasteiger partial charge in [-0.3, -0.25) is 47.9 Å². The maximum Gasteiger partial charge on any atom is 0.326 e. The lowest BCUT2D eigenvalue weighted by Crippen LogP contribution is -2.61. The zero-order valence-electron chi connectivity index (χ0n) is 45.3. The molecule has 10 atom stereocenters. The molecule has 1 aromatic carbocycles. The molecule has 76 heavy (non-hydrogen) atoms. The quantitative estimate of drug-likeness (QED) is 0.0426. The predicted molar refractivity (Wildman–Crippen MR) is 283 cm³/mol. The van der Waals surface area contributed by atoms with Gasteiger partial charge in [-0.05, 0) is 86.7 Å². The van der Waals surface area contributed by atoms with Crippen LogP contribution in [0, 0.1) is 23.7 Å². The highest BCUT2D eigenvalue weighted by atomic mass is 32.2. The van der Waals surface area contributed by atoms with Gasteiger partial charge in [0.25, 0.3) is 0 Å². The number of nitrogens with two attached hydrogens (primary N) is 1. The van der Waals surface area contributed by atoms with E-state index in [9.17, 15) is 73.2 Å². The molecule has 0 fully saturated rings. The van der Waals surface area contributed by atoms with Crippen molar-refractivity contribution in [3.63, 3.8) is 0 Å². The molecule has 25 heteroatoms. The molecule has 0 aliphatic rings. The normalized spacial score (nSPS) is 15.3. The minimum Gasteiger partial charge on any atom is -0.481 e. The van der Waals surface area contributed by atoms with Crippen LogP contribution in [0.15, 0.2) is 30.3 Å². The molecule has 14 N–H and O–H groups in total. The summed E-state index contributed by atoms with van der Waals surface area (Å²) in [5.41, 5.74) is 6.63. The van der Waals surface area contributed by atoms with Crippen LogP contribution in [0.3, 0.4) is 0 Å². The number of carbonyl (C=O) groups excluding carboxylic acids is 8. The van der Waals surface area contributed by atoms with Crippen molar-refractivity contribution in [2.45, 2.75) is 181 Å². The Balaban J connectivity index is 3.62. The Morgan fingerprint density at radius 1 is 0.474 bits per heavy atom. The molecule has 8 amide bonds. The van der Waals surface area contributed by atoms with E-state index in [2.05, 4.69) is 42.5 Å². The molecule has 1 aromatic rings. The van der Waals surface area contributed by atoms with E-state index in [-0.39, 0.29) is 49.2 Å². The van der Waals surface area contributed by atoms with E-state index < -0.39 is 157 Å². The monoisotopic (exact) mass is 1090 g/mol. The van der Waals surface area contributed by atoms with Crippen molar-refractivity contribution in [2.75, 3.05) is 12.0 Å². The molecule has 0 aliphatic carbocycles. The number of carbonyl (C=O) groups is 11. The van der Waals surface area contributed by atoms with Gasteiger partial charge in [0.15, 0.2) is 0 Å². The molecule has 0 radical (unpaired) electrons. The Hall–Kier alpha value is -6.34. The minimum absolute atomic E-state index is 0.000407. The SMILES string of the molecule is CSCC[C@H](NC(=O)[C@H](CCC(=O)O)NC(=O)[C@H](CCC(=O)O)NC(=O)[C@H](CC(C)C)NC(=O)[C@@H](N)CC(C)C)C(=O)N[C@@H](Cc1ccccc1)C(=O)N[C@@H](CC(C)C)C(=O)N[C@H](C(=O)N[C@H](C(=O)O)C(C)C)[C@@H](C)O. The highest BCUT2D eigenvalue weighted by molar-refractivity contribution is 7.98. The van der Waals surface area contributed by atoms with Crippen molar-refractivity contribution in [1.82, 2.24) is 42.5 Å². The molecular formula is C51H83N9O15S. The summed E-state index contributed by atoms with van der Waals surface area (Å²) in [6.07, 6.45) is -1.89. The molecule has 0 saturated heterocycles. The van der Waals surface area contributed by atoms with Crippen molar-refractivity contribution in [3.8, 4) is 0 Å². The van der Waals surface area contributed by atoms with Crippen LogP contribution in [-0.2, 0) is 59.2 Å². The minimum atomic E-state index is -1.68. The number of thioether (sulfide) groups is 1. The molecule has 24 nitrogen and oxygen atoms in total. The number of rotatable bonds is 36. The molecular weight excluding hydrogens is 1010 g/mol. The summed E-state index contributed by atoms with van der Waals surface area (Å²) < 4.78 is 0. The molecule has 0 spiro atoms. The lowest BCUT2D eigenvalue weighted by Gasteiger charge is -2.29. The van der Waals surface area contributed by atoms with Crippen molar-refractivity contribution in [3.05, 3.63) is 35.9 Å². The average molecular weight is 1090 g/mol. The van der Waals surface area contributed by atoms with Crippen molar-refractivity contribution < 1.29 is 73.2 Å². The van der Waals surface area contributed by atoms with Crippen molar-refractivity contribution >= 4 is 76.9 Å². The van der Waals surface area contributed by atoms with Gasteiger partial charge in [-0.1, -0.05) is 85.7 Å². The second-order valence-corrected chi connectivity index (χ2v) is 21.5. The highest BCUT2D eigenvalue weighted by Crippen LogP contribution is 2.14. The second kappa shape index (κ2) is 34.3. The van der Waals surface area contributed by atoms with Gasteiger partial charge in [0.05, 0.1) is 12.1 Å². The lowest BCUT2D eigenvalue weighted by atomic mass is 9.99. The lowest BCUT2D eigenvalue weighted by molar-refractivity contribution is -0.144. The van der Waals surface area contributed by atoms with Crippen LogP contribution in [0.25, 0.3) is 0 Å². The van der Waals surface area contributed by atoms with E-state index in [0.29, 0.717) is 12.0 Å². The maximum absolute atomic E-state index is 14.3. The van der Waals surface area contributed by atoms with Gasteiger partial charge in [0.2, 0.25) is 47.3 Å². The third-order valence-electron chi connectivity index (χ3n) is 11.8. The fraction of sp³-hybridized carbons (Fsp3) is 0.667. The van der Waals surface area contributed by atoms with E-state index in [1.807, 2.05) is 13.8 Å². The van der Waals surface area contributed by atoms with Gasteiger partial charge < -0.3 is 68.7 Å². The molecule has 1 rings (SSSR count). The molecule has 428 valence electrons. The van der Waals surface area contributed by atoms with E-state index in [0.717, 1.165) is 0 Å². The van der Waals surface area contributed by atoms with E-state index in [4.69, 9.17) is 5.73 Å². The molecule has 0 heterocycles. The van der Waals surface area contributed by atoms with E-state index in [1.54, 1.807) is 78.1 Å². The summed E-state index contributed by atoms with van der Waals surface area (Å²) in [7, 11) is 0. The van der Waals surface area contributed by atoms with E-state index in [1.165, 1.54) is 18.7 Å². The van der Waals surface area contributed by atoms with Crippen molar-refractivity contribution in [1.29, 1.82) is 0 Å². The summed E-state index contributed by atoms with van der Waals surface area (Å²) in [6, 6.07) is -4.21. The first-order valence-corrected chi connectivity index (χ1v) is 26.9. The number of aliphatic carboxylic acids is 3. The third kappa shape index (κ3) is 25.9. The number of aliphatic hydroxyl groups is 1. The number of hydrogen-bond acceptors (Lipinski definition) is 14. The summed E-state index contributed by atoms with van der Waals surface area (Å²) in [5, 5.41) is 59.4. The fourth-order valence-electron chi connectivity index (χ4n) is 7.71.